The molecule has 0 unspecified atom stereocenters. The standard InChI is InChI=1S/C21H33BrO2/c1-2-3-4-5-6-7-8-9-10-11-12-13-15-18-19(21(23)24)16-14-17-20(18)22/h14,16-17H,2-13,15H2,1H3,(H,23,24). The minimum Gasteiger partial charge on any atom is -0.478 e. The highest BCUT2D eigenvalue weighted by Gasteiger charge is 2.12. The molecule has 0 amide bonds. The van der Waals surface area contributed by atoms with Crippen LogP contribution in [0, 0.1) is 0 Å². The summed E-state index contributed by atoms with van der Waals surface area (Å²) < 4.78 is 0.922. The Bertz CT molecular complexity index is 471. The van der Waals surface area contributed by atoms with E-state index in [-0.39, 0.29) is 0 Å². The van der Waals surface area contributed by atoms with Crippen LogP contribution >= 0.6 is 15.9 Å². The van der Waals surface area contributed by atoms with Crippen molar-refractivity contribution in [1.82, 2.24) is 0 Å². The molecule has 0 aliphatic heterocycles. The average molecular weight is 397 g/mol. The molecule has 0 bridgehead atoms. The molecule has 0 heterocycles. The summed E-state index contributed by atoms with van der Waals surface area (Å²) >= 11 is 3.49. The molecule has 2 nitrogen and oxygen atoms in total. The summed E-state index contributed by atoms with van der Waals surface area (Å²) in [5.74, 6) is -0.828. The molecule has 1 aromatic rings. The zero-order chi connectivity index (χ0) is 17.6. The van der Waals surface area contributed by atoms with Crippen molar-refractivity contribution in [1.29, 1.82) is 0 Å². The molecule has 1 aromatic carbocycles. The van der Waals surface area contributed by atoms with Crippen LogP contribution in [0.1, 0.15) is 99.9 Å². The zero-order valence-electron chi connectivity index (χ0n) is 15.2. The van der Waals surface area contributed by atoms with Crippen molar-refractivity contribution in [3.63, 3.8) is 0 Å². The Labute approximate surface area is 156 Å². The van der Waals surface area contributed by atoms with Crippen LogP contribution < -0.4 is 0 Å². The molecule has 24 heavy (non-hydrogen) atoms. The van der Waals surface area contributed by atoms with Gasteiger partial charge in [-0.15, -0.1) is 0 Å². The molecule has 0 radical (unpaired) electrons. The van der Waals surface area contributed by atoms with E-state index in [1.165, 1.54) is 70.6 Å². The molecule has 0 spiro atoms. The van der Waals surface area contributed by atoms with E-state index >= 15 is 0 Å². The molecule has 3 heteroatoms. The quantitative estimate of drug-likeness (QED) is 0.332. The average Bonchev–Trinajstić information content (AvgIpc) is 2.56. The Morgan fingerprint density at radius 1 is 0.875 bits per heavy atom. The first kappa shape index (κ1) is 21.2. The van der Waals surface area contributed by atoms with E-state index in [0.29, 0.717) is 5.56 Å². The first-order valence-corrected chi connectivity index (χ1v) is 10.5. The molecule has 0 saturated heterocycles. The summed E-state index contributed by atoms with van der Waals surface area (Å²) in [6.07, 6.45) is 16.7. The first-order valence-electron chi connectivity index (χ1n) is 9.67. The number of aromatic carboxylic acids is 1. The van der Waals surface area contributed by atoms with E-state index in [2.05, 4.69) is 22.9 Å². The second-order valence-corrected chi connectivity index (χ2v) is 7.56. The van der Waals surface area contributed by atoms with Crippen LogP contribution in [-0.4, -0.2) is 11.1 Å². The van der Waals surface area contributed by atoms with Gasteiger partial charge in [-0.05, 0) is 30.5 Å². The van der Waals surface area contributed by atoms with Crippen LogP contribution in [0.3, 0.4) is 0 Å². The third kappa shape index (κ3) is 8.86. The maximum absolute atomic E-state index is 11.3. The Hall–Kier alpha value is -0.830. The SMILES string of the molecule is CCCCCCCCCCCCCCc1c(Br)cccc1C(=O)O. The molecular weight excluding hydrogens is 364 g/mol. The van der Waals surface area contributed by atoms with Gasteiger partial charge in [-0.2, -0.15) is 0 Å². The van der Waals surface area contributed by atoms with Crippen LogP contribution in [0.4, 0.5) is 0 Å². The van der Waals surface area contributed by atoms with Crippen LogP contribution in [0.2, 0.25) is 0 Å². The molecule has 1 rings (SSSR count). The topological polar surface area (TPSA) is 37.3 Å². The summed E-state index contributed by atoms with van der Waals surface area (Å²) in [7, 11) is 0. The number of hydrogen-bond donors (Lipinski definition) is 1. The highest BCUT2D eigenvalue weighted by atomic mass is 79.9. The van der Waals surface area contributed by atoms with Gasteiger partial charge in [0.25, 0.3) is 0 Å². The largest absolute Gasteiger partial charge is 0.478 e. The lowest BCUT2D eigenvalue weighted by atomic mass is 10.00. The lowest BCUT2D eigenvalue weighted by molar-refractivity contribution is 0.0695. The Morgan fingerprint density at radius 3 is 1.88 bits per heavy atom. The number of benzene rings is 1. The van der Waals surface area contributed by atoms with E-state index < -0.39 is 5.97 Å². The highest BCUT2D eigenvalue weighted by Crippen LogP contribution is 2.23. The smallest absolute Gasteiger partial charge is 0.336 e. The van der Waals surface area contributed by atoms with Gasteiger partial charge < -0.3 is 5.11 Å². The third-order valence-electron chi connectivity index (χ3n) is 4.63. The molecule has 0 fully saturated rings. The van der Waals surface area contributed by atoms with E-state index in [9.17, 15) is 9.90 Å². The predicted octanol–water partition coefficient (Wildman–Crippen LogP) is 7.39. The van der Waals surface area contributed by atoms with Crippen LogP contribution in [0.5, 0.6) is 0 Å². The summed E-state index contributed by atoms with van der Waals surface area (Å²) in [4.78, 5) is 11.3. The fourth-order valence-electron chi connectivity index (χ4n) is 3.16. The van der Waals surface area contributed by atoms with Gasteiger partial charge in [0.05, 0.1) is 5.56 Å². The van der Waals surface area contributed by atoms with Crippen LogP contribution in [0.15, 0.2) is 22.7 Å². The molecular formula is C21H33BrO2. The van der Waals surface area contributed by atoms with Crippen molar-refractivity contribution in [2.75, 3.05) is 0 Å². The van der Waals surface area contributed by atoms with E-state index in [4.69, 9.17) is 0 Å². The van der Waals surface area contributed by atoms with Gasteiger partial charge in [0, 0.05) is 4.47 Å². The summed E-state index contributed by atoms with van der Waals surface area (Å²) in [5, 5.41) is 9.26. The van der Waals surface area contributed by atoms with E-state index in [1.54, 1.807) is 12.1 Å². The predicted molar refractivity (Wildman–Crippen MR) is 106 cm³/mol. The number of halogens is 1. The lowest BCUT2D eigenvalue weighted by Crippen LogP contribution is -2.03. The van der Waals surface area contributed by atoms with E-state index in [1.807, 2.05) is 6.07 Å². The van der Waals surface area contributed by atoms with Gasteiger partial charge in [0.2, 0.25) is 0 Å². The number of rotatable bonds is 14. The van der Waals surface area contributed by atoms with Crippen LogP contribution in [-0.2, 0) is 6.42 Å². The molecule has 136 valence electrons. The van der Waals surface area contributed by atoms with Crippen molar-refractivity contribution in [3.8, 4) is 0 Å². The third-order valence-corrected chi connectivity index (χ3v) is 5.37. The highest BCUT2D eigenvalue weighted by molar-refractivity contribution is 9.10. The number of unbranched alkanes of at least 4 members (excludes halogenated alkanes) is 11. The molecule has 0 atom stereocenters. The maximum Gasteiger partial charge on any atom is 0.336 e. The van der Waals surface area contributed by atoms with Gasteiger partial charge in [0.1, 0.15) is 0 Å². The lowest BCUT2D eigenvalue weighted by Gasteiger charge is -2.08. The molecule has 0 saturated carbocycles. The first-order chi connectivity index (χ1) is 11.7. The van der Waals surface area contributed by atoms with Crippen LogP contribution in [0.25, 0.3) is 0 Å². The van der Waals surface area contributed by atoms with Crippen molar-refractivity contribution in [2.45, 2.75) is 90.4 Å². The van der Waals surface area contributed by atoms with Gasteiger partial charge >= 0.3 is 5.97 Å². The normalized spacial score (nSPS) is 10.9. The summed E-state index contributed by atoms with van der Waals surface area (Å²) in [6, 6.07) is 5.42. The Kier molecular flexibility index (Phi) is 11.9. The number of carboxylic acid groups (broad SMARTS) is 1. The van der Waals surface area contributed by atoms with Gasteiger partial charge in [-0.3, -0.25) is 0 Å². The van der Waals surface area contributed by atoms with Crippen molar-refractivity contribution >= 4 is 21.9 Å². The summed E-state index contributed by atoms with van der Waals surface area (Å²) in [6.45, 7) is 2.26. The second kappa shape index (κ2) is 13.5. The van der Waals surface area contributed by atoms with Crippen molar-refractivity contribution in [3.05, 3.63) is 33.8 Å². The number of hydrogen-bond acceptors (Lipinski definition) is 1. The van der Waals surface area contributed by atoms with Gasteiger partial charge in [-0.25, -0.2) is 4.79 Å². The fourth-order valence-corrected chi connectivity index (χ4v) is 3.72. The Morgan fingerprint density at radius 2 is 1.38 bits per heavy atom. The molecule has 0 aliphatic carbocycles. The molecule has 1 N–H and O–H groups in total. The van der Waals surface area contributed by atoms with Crippen molar-refractivity contribution < 1.29 is 9.90 Å². The number of carboxylic acids is 1. The second-order valence-electron chi connectivity index (χ2n) is 6.71. The minimum absolute atomic E-state index is 0.437. The molecule has 0 aromatic heterocycles. The Balaban J connectivity index is 2.06. The van der Waals surface area contributed by atoms with E-state index in [0.717, 1.165) is 22.9 Å². The van der Waals surface area contributed by atoms with Gasteiger partial charge in [0.15, 0.2) is 0 Å². The minimum atomic E-state index is -0.828. The monoisotopic (exact) mass is 396 g/mol. The zero-order valence-corrected chi connectivity index (χ0v) is 16.7. The number of carbonyl (C=O) groups is 1. The summed E-state index contributed by atoms with van der Waals surface area (Å²) in [5.41, 5.74) is 1.38. The van der Waals surface area contributed by atoms with Crippen molar-refractivity contribution in [2.24, 2.45) is 0 Å². The van der Waals surface area contributed by atoms with Gasteiger partial charge in [-0.1, -0.05) is 99.5 Å². The molecule has 0 aliphatic rings. The fraction of sp³-hybridized carbons (Fsp3) is 0.667. The maximum atomic E-state index is 11.3.